The molecule has 0 unspecified atom stereocenters. The number of hydrogen-bond donors (Lipinski definition) is 1. The first-order valence-corrected chi connectivity index (χ1v) is 6.68. The molecule has 0 bridgehead atoms. The minimum atomic E-state index is -0.937. The zero-order valence-electron chi connectivity index (χ0n) is 10.2. The Kier molecular flexibility index (Phi) is 3.04. The summed E-state index contributed by atoms with van der Waals surface area (Å²) in [5.74, 6) is -0.937. The summed E-state index contributed by atoms with van der Waals surface area (Å²) in [5.41, 5.74) is 2.23. The van der Waals surface area contributed by atoms with Gasteiger partial charge >= 0.3 is 5.97 Å². The summed E-state index contributed by atoms with van der Waals surface area (Å²) in [6, 6.07) is 10.4. The third kappa shape index (κ3) is 2.08. The Morgan fingerprint density at radius 1 is 1.20 bits per heavy atom. The number of carboxylic acid groups (broad SMARTS) is 1. The summed E-state index contributed by atoms with van der Waals surface area (Å²) in [6.45, 7) is 0. The molecule has 5 heteroatoms. The van der Waals surface area contributed by atoms with Gasteiger partial charge in [-0.25, -0.2) is 4.79 Å². The van der Waals surface area contributed by atoms with E-state index in [2.05, 4.69) is 4.98 Å². The Hall–Kier alpha value is -2.53. The molecule has 2 aromatic heterocycles. The molecule has 4 nitrogen and oxygen atoms in total. The fourth-order valence-electron chi connectivity index (χ4n) is 2.05. The molecule has 0 fully saturated rings. The average Bonchev–Trinajstić information content (AvgIpc) is 2.96. The lowest BCUT2D eigenvalue weighted by Crippen LogP contribution is -1.89. The van der Waals surface area contributed by atoms with Gasteiger partial charge < -0.3 is 5.11 Å². The molecule has 0 saturated carbocycles. The van der Waals surface area contributed by atoms with E-state index >= 15 is 0 Å². The van der Waals surface area contributed by atoms with Crippen LogP contribution in [0.1, 0.15) is 20.0 Å². The Morgan fingerprint density at radius 3 is 2.75 bits per heavy atom. The molecule has 0 amide bonds. The second-order valence-electron chi connectivity index (χ2n) is 4.22. The highest BCUT2D eigenvalue weighted by atomic mass is 32.1. The van der Waals surface area contributed by atoms with Gasteiger partial charge in [-0.15, -0.1) is 11.3 Å². The van der Waals surface area contributed by atoms with Gasteiger partial charge in [0.1, 0.15) is 11.2 Å². The van der Waals surface area contributed by atoms with E-state index in [9.17, 15) is 9.59 Å². The van der Waals surface area contributed by atoms with Crippen LogP contribution in [0.15, 0.2) is 42.6 Å². The van der Waals surface area contributed by atoms with Crippen molar-refractivity contribution in [2.45, 2.75) is 0 Å². The van der Waals surface area contributed by atoms with E-state index in [0.29, 0.717) is 5.56 Å². The van der Waals surface area contributed by atoms with Crippen molar-refractivity contribution in [1.82, 2.24) is 4.98 Å². The van der Waals surface area contributed by atoms with Crippen LogP contribution in [0.2, 0.25) is 0 Å². The van der Waals surface area contributed by atoms with E-state index in [4.69, 9.17) is 5.11 Å². The van der Waals surface area contributed by atoms with Crippen LogP contribution in [0.4, 0.5) is 0 Å². The minimum Gasteiger partial charge on any atom is -0.477 e. The first-order chi connectivity index (χ1) is 9.69. The summed E-state index contributed by atoms with van der Waals surface area (Å²) in [4.78, 5) is 27.2. The summed E-state index contributed by atoms with van der Waals surface area (Å²) >= 11 is 1.21. The van der Waals surface area contributed by atoms with Crippen molar-refractivity contribution >= 4 is 34.5 Å². The highest BCUT2D eigenvalue weighted by molar-refractivity contribution is 7.17. The van der Waals surface area contributed by atoms with E-state index in [-0.39, 0.29) is 4.88 Å². The predicted octanol–water partition coefficient (Wildman–Crippen LogP) is 3.47. The van der Waals surface area contributed by atoms with Crippen LogP contribution in [0.5, 0.6) is 0 Å². The molecule has 3 rings (SSSR count). The lowest BCUT2D eigenvalue weighted by atomic mass is 10.1. The van der Waals surface area contributed by atoms with Crippen LogP contribution in [0.3, 0.4) is 0 Å². The first-order valence-electron chi connectivity index (χ1n) is 5.86. The number of pyridine rings is 1. The van der Waals surface area contributed by atoms with Gasteiger partial charge in [0, 0.05) is 27.6 Å². The maximum atomic E-state index is 11.0. The smallest absolute Gasteiger partial charge is 0.345 e. The van der Waals surface area contributed by atoms with Gasteiger partial charge in [0.2, 0.25) is 0 Å². The van der Waals surface area contributed by atoms with E-state index in [1.165, 1.54) is 11.3 Å². The molecule has 98 valence electrons. The standard InChI is InChI=1S/C15H9NO3S/c17-8-9-1-2-12-11(7-9)10(5-6-16-12)13-3-4-14(20-13)15(18)19/h1-8H,(H,18,19). The lowest BCUT2D eigenvalue weighted by molar-refractivity contribution is 0.0702. The third-order valence-electron chi connectivity index (χ3n) is 2.98. The number of carbonyl (C=O) groups is 2. The van der Waals surface area contributed by atoms with Gasteiger partial charge in [-0.1, -0.05) is 0 Å². The second-order valence-corrected chi connectivity index (χ2v) is 5.31. The van der Waals surface area contributed by atoms with Crippen molar-refractivity contribution in [3.05, 3.63) is 53.0 Å². The van der Waals surface area contributed by atoms with Gasteiger partial charge in [-0.2, -0.15) is 0 Å². The molecule has 0 aliphatic carbocycles. The monoisotopic (exact) mass is 283 g/mol. The normalized spacial score (nSPS) is 10.6. The molecule has 1 aromatic carbocycles. The van der Waals surface area contributed by atoms with Crippen LogP contribution >= 0.6 is 11.3 Å². The van der Waals surface area contributed by atoms with Crippen molar-refractivity contribution in [2.24, 2.45) is 0 Å². The number of aromatic nitrogens is 1. The van der Waals surface area contributed by atoms with E-state index in [0.717, 1.165) is 27.6 Å². The van der Waals surface area contributed by atoms with E-state index in [1.54, 1.807) is 36.5 Å². The molecular weight excluding hydrogens is 274 g/mol. The number of benzene rings is 1. The summed E-state index contributed by atoms with van der Waals surface area (Å²) in [6.07, 6.45) is 2.46. The minimum absolute atomic E-state index is 0.288. The number of rotatable bonds is 3. The van der Waals surface area contributed by atoms with Crippen LogP contribution in [-0.4, -0.2) is 22.3 Å². The molecule has 0 spiro atoms. The van der Waals surface area contributed by atoms with Gasteiger partial charge in [0.15, 0.2) is 0 Å². The zero-order chi connectivity index (χ0) is 14.1. The van der Waals surface area contributed by atoms with Crippen LogP contribution in [0, 0.1) is 0 Å². The van der Waals surface area contributed by atoms with Crippen molar-refractivity contribution in [3.8, 4) is 10.4 Å². The van der Waals surface area contributed by atoms with Crippen molar-refractivity contribution in [3.63, 3.8) is 0 Å². The molecule has 0 aliphatic heterocycles. The zero-order valence-corrected chi connectivity index (χ0v) is 11.1. The molecule has 0 aliphatic rings. The molecule has 0 radical (unpaired) electrons. The van der Waals surface area contributed by atoms with Gasteiger partial charge in [-0.05, 0) is 36.4 Å². The third-order valence-corrected chi connectivity index (χ3v) is 4.09. The van der Waals surface area contributed by atoms with Crippen molar-refractivity contribution < 1.29 is 14.7 Å². The lowest BCUT2D eigenvalue weighted by Gasteiger charge is -2.04. The van der Waals surface area contributed by atoms with Crippen molar-refractivity contribution in [1.29, 1.82) is 0 Å². The Labute approximate surface area is 118 Å². The number of carboxylic acids is 1. The number of aromatic carboxylic acids is 1. The highest BCUT2D eigenvalue weighted by Crippen LogP contribution is 2.33. The number of fused-ring (bicyclic) bond motifs is 1. The van der Waals surface area contributed by atoms with Crippen molar-refractivity contribution in [2.75, 3.05) is 0 Å². The first kappa shape index (κ1) is 12.5. The predicted molar refractivity (Wildman–Crippen MR) is 77.4 cm³/mol. The Balaban J connectivity index is 2.23. The number of carbonyl (C=O) groups excluding carboxylic acids is 1. The summed E-state index contributed by atoms with van der Waals surface area (Å²) < 4.78 is 0. The quantitative estimate of drug-likeness (QED) is 0.747. The van der Waals surface area contributed by atoms with Crippen LogP contribution < -0.4 is 0 Å². The SMILES string of the molecule is O=Cc1ccc2nccc(-c3ccc(C(=O)O)s3)c2c1. The van der Waals surface area contributed by atoms with Crippen LogP contribution in [0.25, 0.3) is 21.3 Å². The number of nitrogens with zero attached hydrogens (tertiary/aromatic N) is 1. The number of thiophene rings is 1. The summed E-state index contributed by atoms with van der Waals surface area (Å²) in [5, 5.41) is 9.84. The second kappa shape index (κ2) is 4.86. The molecular formula is C15H9NO3S. The van der Waals surface area contributed by atoms with Gasteiger partial charge in [-0.3, -0.25) is 9.78 Å². The van der Waals surface area contributed by atoms with Gasteiger partial charge in [0.25, 0.3) is 0 Å². The highest BCUT2D eigenvalue weighted by Gasteiger charge is 2.11. The average molecular weight is 283 g/mol. The molecule has 20 heavy (non-hydrogen) atoms. The van der Waals surface area contributed by atoms with E-state index < -0.39 is 5.97 Å². The molecule has 0 saturated heterocycles. The Bertz CT molecular complexity index is 823. The molecule has 3 aromatic rings. The Morgan fingerprint density at radius 2 is 2.05 bits per heavy atom. The maximum absolute atomic E-state index is 11.0. The number of hydrogen-bond acceptors (Lipinski definition) is 4. The summed E-state index contributed by atoms with van der Waals surface area (Å²) in [7, 11) is 0. The molecule has 2 heterocycles. The molecule has 1 N–H and O–H groups in total. The largest absolute Gasteiger partial charge is 0.477 e. The fourth-order valence-corrected chi connectivity index (χ4v) is 2.93. The van der Waals surface area contributed by atoms with Gasteiger partial charge in [0.05, 0.1) is 5.52 Å². The van der Waals surface area contributed by atoms with E-state index in [1.807, 2.05) is 6.07 Å². The fraction of sp³-hybridized carbons (Fsp3) is 0. The molecule has 0 atom stereocenters. The number of aldehydes is 1. The van der Waals surface area contributed by atoms with Crippen LogP contribution in [-0.2, 0) is 0 Å². The topological polar surface area (TPSA) is 67.3 Å². The maximum Gasteiger partial charge on any atom is 0.345 e.